The van der Waals surface area contributed by atoms with Crippen molar-refractivity contribution in [3.8, 4) is 22.3 Å². The zero-order valence-corrected chi connectivity index (χ0v) is 43.7. The first-order chi connectivity index (χ1) is 34.5. The second kappa shape index (κ2) is 23.3. The summed E-state index contributed by atoms with van der Waals surface area (Å²) in [4.78, 5) is 114. The van der Waals surface area contributed by atoms with Crippen molar-refractivity contribution in [3.05, 3.63) is 127 Å². The van der Waals surface area contributed by atoms with E-state index in [1.54, 1.807) is 64.6 Å². The van der Waals surface area contributed by atoms with Crippen molar-refractivity contribution in [2.24, 2.45) is 0 Å². The predicted octanol–water partition coefficient (Wildman–Crippen LogP) is 7.56. The van der Waals surface area contributed by atoms with Crippen LogP contribution in [0, 0.1) is 20.2 Å². The van der Waals surface area contributed by atoms with Crippen LogP contribution in [0.1, 0.15) is 75.6 Å². The largest absolute Gasteiger partial charge is 0.347 e. The zero-order valence-electron chi connectivity index (χ0n) is 42.9. The van der Waals surface area contributed by atoms with Gasteiger partial charge >= 0.3 is 0 Å². The molecule has 4 aromatic rings. The summed E-state index contributed by atoms with van der Waals surface area (Å²) in [6.07, 6.45) is 5.57. The van der Waals surface area contributed by atoms with E-state index in [2.05, 4.69) is 0 Å². The summed E-state index contributed by atoms with van der Waals surface area (Å²) in [7, 11) is 6.29. The molecule has 2 fully saturated rings. The van der Waals surface area contributed by atoms with Gasteiger partial charge in [-0.05, 0) is 69.5 Å². The molecule has 0 N–H and O–H groups in total. The van der Waals surface area contributed by atoms with Gasteiger partial charge in [0.15, 0.2) is 0 Å². The van der Waals surface area contributed by atoms with Gasteiger partial charge < -0.3 is 29.4 Å². The molecule has 0 aliphatic carbocycles. The van der Waals surface area contributed by atoms with E-state index in [1.807, 2.05) is 52.0 Å². The molecule has 4 aromatic carbocycles. The molecule has 0 radical (unpaired) electrons. The maximum atomic E-state index is 13.9. The standard InChI is InChI=1S/C54H62N8O10S/c1-33(2)39-15-11-13-17-41(39)49-37(21-25-47(65)57-27-29-59(35(5)63)43(31-57)53(67)55(7)8)19-23-45(51(49)61(69)70)73-46-24-20-38(50(52(46)62(71)72)42-18-14-12-16-40(42)34(3)4)22-26-48(66)58-28-30-60(36(6)64)44(32-58)54(68)56(9)10/h11-26,33-34,43-44H,27-32H2,1-10H3. The number of hydrogen-bond acceptors (Lipinski definition) is 11. The fourth-order valence-electron chi connectivity index (χ4n) is 9.39. The number of piperazine rings is 2. The molecule has 384 valence electrons. The van der Waals surface area contributed by atoms with Crippen molar-refractivity contribution in [3.63, 3.8) is 0 Å². The fraction of sp³-hybridized carbons (Fsp3) is 0.370. The highest BCUT2D eigenvalue weighted by atomic mass is 32.2. The number of carbonyl (C=O) groups excluding carboxylic acids is 6. The summed E-state index contributed by atoms with van der Waals surface area (Å²) >= 11 is 0.853. The minimum Gasteiger partial charge on any atom is -0.347 e. The lowest BCUT2D eigenvalue weighted by molar-refractivity contribution is -0.387. The summed E-state index contributed by atoms with van der Waals surface area (Å²) in [5, 5.41) is 27.1. The van der Waals surface area contributed by atoms with Crippen LogP contribution in [0.5, 0.6) is 0 Å². The van der Waals surface area contributed by atoms with Crippen molar-refractivity contribution in [1.82, 2.24) is 29.4 Å². The molecular formula is C54H62N8O10S. The molecule has 2 heterocycles. The Labute approximate surface area is 429 Å². The predicted molar refractivity (Wildman–Crippen MR) is 280 cm³/mol. The first kappa shape index (κ1) is 54.7. The summed E-state index contributed by atoms with van der Waals surface area (Å²) in [5.74, 6) is -2.40. The average Bonchev–Trinajstić information content (AvgIpc) is 3.35. The number of likely N-dealkylation sites (N-methyl/N-ethyl adjacent to an activating group) is 2. The van der Waals surface area contributed by atoms with E-state index in [4.69, 9.17) is 0 Å². The second-order valence-corrected chi connectivity index (χ2v) is 20.1. The monoisotopic (exact) mass is 1010 g/mol. The molecule has 2 unspecified atom stereocenters. The molecule has 2 saturated heterocycles. The van der Waals surface area contributed by atoms with E-state index >= 15 is 0 Å². The van der Waals surface area contributed by atoms with Crippen LogP contribution in [0.15, 0.2) is 94.7 Å². The Morgan fingerprint density at radius 1 is 0.575 bits per heavy atom. The first-order valence-electron chi connectivity index (χ1n) is 23.9. The lowest BCUT2D eigenvalue weighted by atomic mass is 9.89. The minimum atomic E-state index is -0.893. The van der Waals surface area contributed by atoms with E-state index in [0.29, 0.717) is 22.3 Å². The van der Waals surface area contributed by atoms with Crippen LogP contribution in [0.3, 0.4) is 0 Å². The third-order valence-corrected chi connectivity index (χ3v) is 14.2. The maximum Gasteiger partial charge on any atom is 0.291 e. The molecule has 2 aliphatic rings. The van der Waals surface area contributed by atoms with Gasteiger partial charge in [0.05, 0.1) is 43.9 Å². The smallest absolute Gasteiger partial charge is 0.291 e. The van der Waals surface area contributed by atoms with E-state index < -0.39 is 33.7 Å². The molecule has 0 aromatic heterocycles. The van der Waals surface area contributed by atoms with Crippen molar-refractivity contribution in [2.45, 2.75) is 75.3 Å². The number of carbonyl (C=O) groups is 6. The van der Waals surface area contributed by atoms with Crippen LogP contribution >= 0.6 is 11.8 Å². The number of nitro groups is 2. The first-order valence-corrected chi connectivity index (χ1v) is 24.7. The van der Waals surface area contributed by atoms with Crippen molar-refractivity contribution >= 4 is 70.7 Å². The fourth-order valence-corrected chi connectivity index (χ4v) is 10.4. The lowest BCUT2D eigenvalue weighted by Gasteiger charge is -2.40. The van der Waals surface area contributed by atoms with E-state index in [0.717, 1.165) is 22.9 Å². The lowest BCUT2D eigenvalue weighted by Crippen LogP contribution is -2.60. The number of nitrogens with zero attached hydrogens (tertiary/aromatic N) is 8. The molecule has 6 rings (SSSR count). The highest BCUT2D eigenvalue weighted by molar-refractivity contribution is 7.99. The second-order valence-electron chi connectivity index (χ2n) is 19.0. The number of rotatable bonds is 14. The molecule has 0 spiro atoms. The van der Waals surface area contributed by atoms with E-state index in [9.17, 15) is 49.0 Å². The topological polar surface area (TPSA) is 208 Å². The molecular weight excluding hydrogens is 953 g/mol. The highest BCUT2D eigenvalue weighted by Gasteiger charge is 2.38. The summed E-state index contributed by atoms with van der Waals surface area (Å²) in [6.45, 7) is 11.0. The molecule has 2 atom stereocenters. The molecule has 18 nitrogen and oxygen atoms in total. The maximum absolute atomic E-state index is 13.9. The van der Waals surface area contributed by atoms with Gasteiger partial charge in [0.2, 0.25) is 35.4 Å². The Hall–Kier alpha value is -7.67. The molecule has 19 heteroatoms. The third-order valence-electron chi connectivity index (χ3n) is 13.1. The van der Waals surface area contributed by atoms with Crippen molar-refractivity contribution in [1.29, 1.82) is 0 Å². The summed E-state index contributed by atoms with van der Waals surface area (Å²) in [5.41, 5.74) is 2.96. The molecule has 6 amide bonds. The van der Waals surface area contributed by atoms with Crippen LogP contribution in [-0.4, -0.2) is 154 Å². The molecule has 0 saturated carbocycles. The summed E-state index contributed by atoms with van der Waals surface area (Å²) < 4.78 is 0. The number of amides is 6. The van der Waals surface area contributed by atoms with Gasteiger partial charge in [0.25, 0.3) is 11.4 Å². The SMILES string of the molecule is CC(=O)N1CCN(C(=O)C=Cc2ccc(Sc3ccc(C=CC(=O)N4CCN(C(C)=O)C(C(=O)N(C)C)C4)c(-c4ccccc4C(C)C)c3[N+](=O)[O-])c([N+](=O)[O-])c2-c2ccccc2C(C)C)CC1C(=O)N(C)C. The molecule has 0 bridgehead atoms. The van der Waals surface area contributed by atoms with Crippen LogP contribution in [0.25, 0.3) is 34.4 Å². The van der Waals surface area contributed by atoms with Crippen LogP contribution in [0.2, 0.25) is 0 Å². The highest BCUT2D eigenvalue weighted by Crippen LogP contribution is 2.50. The number of benzene rings is 4. The Balaban J connectivity index is 1.48. The van der Waals surface area contributed by atoms with E-state index in [-0.39, 0.29) is 107 Å². The van der Waals surface area contributed by atoms with E-state index in [1.165, 1.54) is 79.7 Å². The van der Waals surface area contributed by atoms with Crippen LogP contribution in [0.4, 0.5) is 11.4 Å². The van der Waals surface area contributed by atoms with Gasteiger partial charge in [-0.2, -0.15) is 0 Å². The Bertz CT molecular complexity index is 2720. The summed E-state index contributed by atoms with van der Waals surface area (Å²) in [6, 6.07) is 18.9. The van der Waals surface area contributed by atoms with Gasteiger partial charge in [0.1, 0.15) is 12.1 Å². The number of nitro benzene ring substituents is 2. The van der Waals surface area contributed by atoms with Gasteiger partial charge in [-0.3, -0.25) is 49.0 Å². The number of hydrogen-bond donors (Lipinski definition) is 0. The normalized spacial score (nSPS) is 16.1. The van der Waals surface area contributed by atoms with Gasteiger partial charge in [0, 0.05) is 80.4 Å². The average molecular weight is 1020 g/mol. The van der Waals surface area contributed by atoms with Crippen molar-refractivity contribution < 1.29 is 38.6 Å². The molecule has 73 heavy (non-hydrogen) atoms. The quantitative estimate of drug-likeness (QED) is 0.0684. The van der Waals surface area contributed by atoms with Crippen molar-refractivity contribution in [2.75, 3.05) is 67.5 Å². The van der Waals surface area contributed by atoms with Gasteiger partial charge in [-0.15, -0.1) is 0 Å². The van der Waals surface area contributed by atoms with Crippen LogP contribution < -0.4 is 0 Å². The third kappa shape index (κ3) is 12.0. The van der Waals surface area contributed by atoms with Gasteiger partial charge in [-0.1, -0.05) is 100 Å². The Morgan fingerprint density at radius 3 is 1.25 bits per heavy atom. The Morgan fingerprint density at radius 2 is 0.932 bits per heavy atom. The minimum absolute atomic E-state index is 0.0506. The Kier molecular flexibility index (Phi) is 17.4. The van der Waals surface area contributed by atoms with Gasteiger partial charge in [-0.25, -0.2) is 0 Å². The van der Waals surface area contributed by atoms with Crippen LogP contribution in [-0.2, 0) is 28.8 Å². The zero-order chi connectivity index (χ0) is 53.6. The molecule has 2 aliphatic heterocycles.